The molecule has 0 fully saturated rings. The minimum atomic E-state index is -0.514. The van der Waals surface area contributed by atoms with Crippen molar-refractivity contribution in [3.63, 3.8) is 0 Å². The van der Waals surface area contributed by atoms with Crippen LogP contribution >= 0.6 is 0 Å². The Balaban J connectivity index is 2.32. The van der Waals surface area contributed by atoms with Crippen LogP contribution in [-0.2, 0) is 4.74 Å². The number of H-pyrrole nitrogens is 1. The normalized spacial score (nSPS) is 10.3. The third-order valence-electron chi connectivity index (χ3n) is 3.44. The molecule has 0 saturated carbocycles. The van der Waals surface area contributed by atoms with Gasteiger partial charge in [0.05, 0.1) is 12.8 Å². The smallest absolute Gasteiger partial charge is 0.356 e. The van der Waals surface area contributed by atoms with Crippen LogP contribution in [0.4, 0.5) is 5.69 Å². The molecule has 21 heavy (non-hydrogen) atoms. The molecule has 0 radical (unpaired) electrons. The van der Waals surface area contributed by atoms with E-state index in [0.717, 1.165) is 16.8 Å². The van der Waals surface area contributed by atoms with E-state index in [2.05, 4.69) is 10.3 Å². The lowest BCUT2D eigenvalue weighted by Crippen LogP contribution is -2.16. The summed E-state index contributed by atoms with van der Waals surface area (Å²) in [4.78, 5) is 27.0. The minimum absolute atomic E-state index is 0.244. The van der Waals surface area contributed by atoms with Gasteiger partial charge in [-0.05, 0) is 44.0 Å². The van der Waals surface area contributed by atoms with Crippen molar-refractivity contribution in [1.82, 2.24) is 4.98 Å². The lowest BCUT2D eigenvalue weighted by molar-refractivity contribution is 0.0596. The molecule has 0 saturated heterocycles. The molecule has 2 rings (SSSR count). The molecule has 0 bridgehead atoms. The maximum atomic E-state index is 12.4. The van der Waals surface area contributed by atoms with Crippen molar-refractivity contribution in [2.24, 2.45) is 0 Å². The van der Waals surface area contributed by atoms with E-state index in [9.17, 15) is 9.59 Å². The third-order valence-corrected chi connectivity index (χ3v) is 3.44. The second kappa shape index (κ2) is 5.83. The van der Waals surface area contributed by atoms with Crippen LogP contribution in [0.15, 0.2) is 24.3 Å². The molecule has 0 spiro atoms. The fraction of sp³-hybridized carbons (Fsp3) is 0.250. The van der Waals surface area contributed by atoms with Crippen molar-refractivity contribution >= 4 is 17.6 Å². The molecule has 1 amide bonds. The Morgan fingerprint density at radius 2 is 1.90 bits per heavy atom. The maximum Gasteiger partial charge on any atom is 0.356 e. The Hall–Kier alpha value is -2.56. The van der Waals surface area contributed by atoms with E-state index in [1.165, 1.54) is 7.11 Å². The summed E-state index contributed by atoms with van der Waals surface area (Å²) >= 11 is 0. The second-order valence-electron chi connectivity index (χ2n) is 4.93. The number of anilines is 1. The summed E-state index contributed by atoms with van der Waals surface area (Å²) in [5.74, 6) is -0.764. The molecule has 0 unspecified atom stereocenters. The Kier molecular flexibility index (Phi) is 4.12. The van der Waals surface area contributed by atoms with E-state index in [-0.39, 0.29) is 11.6 Å². The number of aryl methyl sites for hydroxylation is 2. The van der Waals surface area contributed by atoms with Gasteiger partial charge in [0, 0.05) is 11.3 Å². The van der Waals surface area contributed by atoms with Gasteiger partial charge in [0.25, 0.3) is 5.91 Å². The Bertz CT molecular complexity index is 702. The van der Waals surface area contributed by atoms with E-state index in [1.54, 1.807) is 19.1 Å². The number of rotatable bonds is 3. The number of aromatic amines is 1. The predicted octanol–water partition coefficient (Wildman–Crippen LogP) is 2.98. The zero-order chi connectivity index (χ0) is 15.6. The van der Waals surface area contributed by atoms with Crippen molar-refractivity contribution in [1.29, 1.82) is 0 Å². The van der Waals surface area contributed by atoms with Crippen LogP contribution in [-0.4, -0.2) is 24.0 Å². The number of methoxy groups -OCH3 is 1. The summed E-state index contributed by atoms with van der Waals surface area (Å²) in [5, 5.41) is 2.76. The van der Waals surface area contributed by atoms with Crippen molar-refractivity contribution < 1.29 is 14.3 Å². The lowest BCUT2D eigenvalue weighted by atomic mass is 10.0. The summed E-state index contributed by atoms with van der Waals surface area (Å²) < 4.78 is 4.70. The van der Waals surface area contributed by atoms with Gasteiger partial charge in [0.1, 0.15) is 5.69 Å². The van der Waals surface area contributed by atoms with Crippen molar-refractivity contribution in [3.8, 4) is 0 Å². The number of aromatic nitrogens is 1. The molecule has 1 aromatic heterocycles. The van der Waals surface area contributed by atoms with Gasteiger partial charge >= 0.3 is 5.97 Å². The largest absolute Gasteiger partial charge is 0.464 e. The summed E-state index contributed by atoms with van der Waals surface area (Å²) in [6, 6.07) is 7.25. The van der Waals surface area contributed by atoms with Crippen LogP contribution < -0.4 is 5.32 Å². The van der Waals surface area contributed by atoms with Gasteiger partial charge in [0.2, 0.25) is 0 Å². The zero-order valence-corrected chi connectivity index (χ0v) is 12.5. The number of ether oxygens (including phenoxy) is 1. The van der Waals surface area contributed by atoms with E-state index >= 15 is 0 Å². The summed E-state index contributed by atoms with van der Waals surface area (Å²) in [6.45, 7) is 5.65. The molecule has 110 valence electrons. The highest BCUT2D eigenvalue weighted by Gasteiger charge is 2.18. The molecular formula is C16H18N2O3. The number of hydrogen-bond donors (Lipinski definition) is 2. The average molecular weight is 286 g/mol. The number of amides is 1. The summed E-state index contributed by atoms with van der Waals surface area (Å²) in [5.41, 5.74) is 3.98. The SMILES string of the molecule is COC(=O)c1[nH]c(C)cc1NC(=O)c1cccc(C)c1C. The Labute approximate surface area is 123 Å². The molecule has 2 aromatic rings. The van der Waals surface area contributed by atoms with E-state index in [0.29, 0.717) is 11.3 Å². The summed E-state index contributed by atoms with van der Waals surface area (Å²) in [7, 11) is 1.30. The molecule has 5 heteroatoms. The fourth-order valence-corrected chi connectivity index (χ4v) is 2.14. The highest BCUT2D eigenvalue weighted by atomic mass is 16.5. The van der Waals surface area contributed by atoms with Crippen LogP contribution in [0.5, 0.6) is 0 Å². The third kappa shape index (κ3) is 2.97. The van der Waals surface area contributed by atoms with E-state index in [1.807, 2.05) is 26.0 Å². The quantitative estimate of drug-likeness (QED) is 0.852. The lowest BCUT2D eigenvalue weighted by Gasteiger charge is -2.09. The molecule has 0 aliphatic heterocycles. The van der Waals surface area contributed by atoms with Crippen molar-refractivity contribution in [3.05, 3.63) is 52.3 Å². The molecule has 1 aromatic carbocycles. The maximum absolute atomic E-state index is 12.4. The predicted molar refractivity (Wildman–Crippen MR) is 80.7 cm³/mol. The van der Waals surface area contributed by atoms with Gasteiger partial charge in [-0.25, -0.2) is 4.79 Å². The number of hydrogen-bond acceptors (Lipinski definition) is 3. The topological polar surface area (TPSA) is 71.2 Å². The van der Waals surface area contributed by atoms with Crippen molar-refractivity contribution in [2.45, 2.75) is 20.8 Å². The van der Waals surface area contributed by atoms with Gasteiger partial charge < -0.3 is 15.0 Å². The van der Waals surface area contributed by atoms with E-state index in [4.69, 9.17) is 4.74 Å². The van der Waals surface area contributed by atoms with Gasteiger partial charge in [0.15, 0.2) is 0 Å². The first kappa shape index (κ1) is 14.8. The molecule has 5 nitrogen and oxygen atoms in total. The fourth-order valence-electron chi connectivity index (χ4n) is 2.14. The van der Waals surface area contributed by atoms with Gasteiger partial charge in [-0.2, -0.15) is 0 Å². The second-order valence-corrected chi connectivity index (χ2v) is 4.93. The number of carbonyl (C=O) groups excluding carboxylic acids is 2. The highest BCUT2D eigenvalue weighted by molar-refractivity contribution is 6.08. The molecule has 2 N–H and O–H groups in total. The number of esters is 1. The van der Waals surface area contributed by atoms with Gasteiger partial charge in [-0.3, -0.25) is 4.79 Å². The zero-order valence-electron chi connectivity index (χ0n) is 12.5. The van der Waals surface area contributed by atoms with Gasteiger partial charge in [-0.1, -0.05) is 12.1 Å². The summed E-state index contributed by atoms with van der Waals surface area (Å²) in [6.07, 6.45) is 0. The monoisotopic (exact) mass is 286 g/mol. The molecule has 0 aliphatic carbocycles. The van der Waals surface area contributed by atoms with Crippen LogP contribution in [0.1, 0.15) is 37.7 Å². The van der Waals surface area contributed by atoms with Crippen LogP contribution in [0.25, 0.3) is 0 Å². The van der Waals surface area contributed by atoms with Crippen molar-refractivity contribution in [2.75, 3.05) is 12.4 Å². The first-order valence-corrected chi connectivity index (χ1v) is 6.59. The molecule has 1 heterocycles. The van der Waals surface area contributed by atoms with E-state index < -0.39 is 5.97 Å². The number of nitrogens with one attached hydrogen (secondary N) is 2. The minimum Gasteiger partial charge on any atom is -0.464 e. The number of benzene rings is 1. The average Bonchev–Trinajstić information content (AvgIpc) is 2.81. The van der Waals surface area contributed by atoms with Crippen LogP contribution in [0.2, 0.25) is 0 Å². The Morgan fingerprint density at radius 3 is 2.57 bits per heavy atom. The molecule has 0 atom stereocenters. The van der Waals surface area contributed by atoms with Crippen LogP contribution in [0.3, 0.4) is 0 Å². The molecular weight excluding hydrogens is 268 g/mol. The Morgan fingerprint density at radius 1 is 1.19 bits per heavy atom. The first-order chi connectivity index (χ1) is 9.93. The highest BCUT2D eigenvalue weighted by Crippen LogP contribution is 2.20. The van der Waals surface area contributed by atoms with Gasteiger partial charge in [-0.15, -0.1) is 0 Å². The molecule has 0 aliphatic rings. The first-order valence-electron chi connectivity index (χ1n) is 6.59. The standard InChI is InChI=1S/C16H18N2O3/c1-9-6-5-7-12(11(9)3)15(19)18-13-8-10(2)17-14(13)16(20)21-4/h5-8,17H,1-4H3,(H,18,19). The number of carbonyl (C=O) groups is 2. The van der Waals surface area contributed by atoms with Crippen LogP contribution in [0, 0.1) is 20.8 Å².